The van der Waals surface area contributed by atoms with Gasteiger partial charge in [-0.15, -0.1) is 0 Å². The van der Waals surface area contributed by atoms with Gasteiger partial charge in [-0.25, -0.2) is 4.98 Å². The molecule has 1 fully saturated rings. The second kappa shape index (κ2) is 10.5. The second-order valence-corrected chi connectivity index (χ2v) is 9.24. The van der Waals surface area contributed by atoms with Crippen LogP contribution >= 0.6 is 11.6 Å². The molecule has 3 N–H and O–H groups in total. The molecule has 1 saturated heterocycles. The topological polar surface area (TPSA) is 113 Å². The molecule has 1 aliphatic rings. The van der Waals surface area contributed by atoms with E-state index in [1.807, 2.05) is 25.2 Å². The Morgan fingerprint density at radius 1 is 1.26 bits per heavy atom. The van der Waals surface area contributed by atoms with Crippen LogP contribution in [0.4, 0.5) is 17.5 Å². The van der Waals surface area contributed by atoms with Crippen LogP contribution in [0.15, 0.2) is 35.3 Å². The summed E-state index contributed by atoms with van der Waals surface area (Å²) in [7, 11) is 5.15. The number of nitrogens with zero attached hydrogens (tertiary/aromatic N) is 4. The predicted octanol–water partition coefficient (Wildman–Crippen LogP) is 2.28. The Bertz CT molecular complexity index is 1300. The smallest absolute Gasteiger partial charge is 0.293 e. The lowest BCUT2D eigenvalue weighted by Gasteiger charge is -2.36. The number of benzene rings is 1. The highest BCUT2D eigenvalue weighted by atomic mass is 35.5. The zero-order valence-corrected chi connectivity index (χ0v) is 21.0. The van der Waals surface area contributed by atoms with Crippen molar-refractivity contribution in [2.24, 2.45) is 13.0 Å². The van der Waals surface area contributed by atoms with Crippen LogP contribution in [0.25, 0.3) is 10.9 Å². The van der Waals surface area contributed by atoms with E-state index < -0.39 is 0 Å². The van der Waals surface area contributed by atoms with E-state index in [-0.39, 0.29) is 23.8 Å². The van der Waals surface area contributed by atoms with Crippen LogP contribution in [0.1, 0.15) is 13.3 Å². The first-order valence-electron chi connectivity index (χ1n) is 11.5. The fourth-order valence-corrected chi connectivity index (χ4v) is 4.45. The fraction of sp³-hybridized carbons (Fsp3) is 0.417. The molecular weight excluding hydrogens is 470 g/mol. The number of aryl methyl sites for hydroxylation is 1. The predicted molar refractivity (Wildman–Crippen MR) is 138 cm³/mol. The summed E-state index contributed by atoms with van der Waals surface area (Å²) in [5.74, 6) is 1.42. The maximum absolute atomic E-state index is 12.6. The highest BCUT2D eigenvalue weighted by Crippen LogP contribution is 2.29. The average Bonchev–Trinajstić information content (AvgIpc) is 2.85. The molecule has 0 saturated carbocycles. The molecule has 0 radical (unpaired) electrons. The molecule has 2 aromatic heterocycles. The van der Waals surface area contributed by atoms with Crippen LogP contribution in [0.3, 0.4) is 0 Å². The molecule has 1 amide bonds. The van der Waals surface area contributed by atoms with E-state index in [1.165, 1.54) is 11.6 Å². The maximum atomic E-state index is 12.6. The zero-order chi connectivity index (χ0) is 25.1. The van der Waals surface area contributed by atoms with Crippen molar-refractivity contribution in [3.8, 4) is 5.75 Å². The van der Waals surface area contributed by atoms with E-state index in [4.69, 9.17) is 21.3 Å². The van der Waals surface area contributed by atoms with Crippen LogP contribution < -0.4 is 31.1 Å². The molecule has 1 aromatic carbocycles. The molecular formula is C24H30ClN7O3. The number of carbonyl (C=O) groups excluding carboxylic acids is 1. The SMILES string of the molecule is CNC(=O)COc1cc2cc(Nc3nc(N4CC(NC)C[C@@H](C)C4)ncc3Cl)ccc2n(C)c1=O. The first kappa shape index (κ1) is 24.7. The van der Waals surface area contributed by atoms with Crippen molar-refractivity contribution in [3.63, 3.8) is 0 Å². The van der Waals surface area contributed by atoms with Crippen LogP contribution in [0.2, 0.25) is 5.02 Å². The van der Waals surface area contributed by atoms with Crippen molar-refractivity contribution in [3.05, 3.63) is 45.8 Å². The van der Waals surface area contributed by atoms with E-state index in [2.05, 4.69) is 32.8 Å². The van der Waals surface area contributed by atoms with Crippen LogP contribution in [-0.4, -0.2) is 60.3 Å². The first-order chi connectivity index (χ1) is 16.8. The summed E-state index contributed by atoms with van der Waals surface area (Å²) in [5, 5.41) is 10.3. The number of rotatable bonds is 7. The van der Waals surface area contributed by atoms with Gasteiger partial charge >= 0.3 is 0 Å². The Morgan fingerprint density at radius 3 is 2.80 bits per heavy atom. The Balaban J connectivity index is 1.61. The third-order valence-corrected chi connectivity index (χ3v) is 6.45. The molecule has 3 heterocycles. The minimum atomic E-state index is -0.319. The van der Waals surface area contributed by atoms with Crippen LogP contribution in [0.5, 0.6) is 5.75 Å². The number of piperidine rings is 1. The number of likely N-dealkylation sites (N-methyl/N-ethyl adjacent to an activating group) is 2. The van der Waals surface area contributed by atoms with Gasteiger partial charge in [-0.3, -0.25) is 9.59 Å². The Morgan fingerprint density at radius 2 is 2.06 bits per heavy atom. The minimum Gasteiger partial charge on any atom is -0.478 e. The number of halogens is 1. The summed E-state index contributed by atoms with van der Waals surface area (Å²) in [6.07, 6.45) is 2.72. The molecule has 11 heteroatoms. The molecule has 10 nitrogen and oxygen atoms in total. The molecule has 3 aromatic rings. The quantitative estimate of drug-likeness (QED) is 0.454. The molecule has 0 spiro atoms. The van der Waals surface area contributed by atoms with E-state index in [1.54, 1.807) is 19.3 Å². The molecule has 2 atom stereocenters. The summed E-state index contributed by atoms with van der Waals surface area (Å²) in [6, 6.07) is 7.57. The summed E-state index contributed by atoms with van der Waals surface area (Å²) in [4.78, 5) is 35.5. The molecule has 186 valence electrons. The lowest BCUT2D eigenvalue weighted by molar-refractivity contribution is -0.122. The van der Waals surface area contributed by atoms with Gasteiger partial charge in [0.25, 0.3) is 11.5 Å². The summed E-state index contributed by atoms with van der Waals surface area (Å²) in [6.45, 7) is 3.69. The summed E-state index contributed by atoms with van der Waals surface area (Å²) < 4.78 is 6.94. The average molecular weight is 500 g/mol. The number of carbonyl (C=O) groups is 1. The van der Waals surface area contributed by atoms with Crippen LogP contribution in [0, 0.1) is 5.92 Å². The molecule has 1 aliphatic heterocycles. The Kier molecular flexibility index (Phi) is 7.42. The van der Waals surface area contributed by atoms with E-state index in [0.717, 1.165) is 36.1 Å². The zero-order valence-electron chi connectivity index (χ0n) is 20.3. The van der Waals surface area contributed by atoms with Crippen molar-refractivity contribution in [1.82, 2.24) is 25.2 Å². The number of anilines is 3. The molecule has 0 bridgehead atoms. The van der Waals surface area contributed by atoms with Gasteiger partial charge in [-0.1, -0.05) is 18.5 Å². The maximum Gasteiger partial charge on any atom is 0.293 e. The highest BCUT2D eigenvalue weighted by Gasteiger charge is 2.26. The van der Waals surface area contributed by atoms with E-state index >= 15 is 0 Å². The first-order valence-corrected chi connectivity index (χ1v) is 11.9. The van der Waals surface area contributed by atoms with Crippen LogP contribution in [-0.2, 0) is 11.8 Å². The number of aromatic nitrogens is 3. The summed E-state index contributed by atoms with van der Waals surface area (Å²) >= 11 is 6.42. The summed E-state index contributed by atoms with van der Waals surface area (Å²) in [5.41, 5.74) is 1.14. The van der Waals surface area contributed by atoms with Gasteiger partial charge in [0.05, 0.1) is 11.7 Å². The lowest BCUT2D eigenvalue weighted by Crippen LogP contribution is -2.48. The van der Waals surface area contributed by atoms with E-state index in [0.29, 0.717) is 28.7 Å². The van der Waals surface area contributed by atoms with Crippen molar-refractivity contribution >= 4 is 45.9 Å². The Labute approximate surface area is 208 Å². The van der Waals surface area contributed by atoms with Gasteiger partial charge in [0.2, 0.25) is 5.95 Å². The number of amides is 1. The minimum absolute atomic E-state index is 0.0985. The van der Waals surface area contributed by atoms with Crippen molar-refractivity contribution in [2.45, 2.75) is 19.4 Å². The van der Waals surface area contributed by atoms with Crippen molar-refractivity contribution in [2.75, 3.05) is 44.0 Å². The lowest BCUT2D eigenvalue weighted by atomic mass is 9.96. The number of nitrogens with one attached hydrogen (secondary N) is 3. The number of ether oxygens (including phenoxy) is 1. The molecule has 0 aliphatic carbocycles. The monoisotopic (exact) mass is 499 g/mol. The van der Waals surface area contributed by atoms with Crippen molar-refractivity contribution < 1.29 is 9.53 Å². The van der Waals surface area contributed by atoms with E-state index in [9.17, 15) is 9.59 Å². The number of fused-ring (bicyclic) bond motifs is 1. The fourth-order valence-electron chi connectivity index (χ4n) is 4.31. The van der Waals surface area contributed by atoms with Gasteiger partial charge in [0.1, 0.15) is 5.02 Å². The molecule has 1 unspecified atom stereocenters. The van der Waals surface area contributed by atoms with Gasteiger partial charge in [0.15, 0.2) is 18.2 Å². The Hall–Kier alpha value is -3.37. The number of hydrogen-bond donors (Lipinski definition) is 3. The number of pyridine rings is 1. The molecule has 4 rings (SSSR count). The standard InChI is InChI=1S/C24H30ClN7O3/c1-14-7-17(26-2)12-32(11-14)24-28-10-18(25)22(30-24)29-16-5-6-19-15(8-16)9-20(23(34)31(19)4)35-13-21(33)27-3/h5-6,8-10,14,17,26H,7,11-13H2,1-4H3,(H,27,33)(H,28,29,30)/t14-,17?/m1/s1. The second-order valence-electron chi connectivity index (χ2n) is 8.83. The van der Waals surface area contributed by atoms with Gasteiger partial charge in [-0.2, -0.15) is 4.98 Å². The van der Waals surface area contributed by atoms with Gasteiger partial charge in [-0.05, 0) is 43.7 Å². The molecule has 35 heavy (non-hydrogen) atoms. The van der Waals surface area contributed by atoms with Gasteiger partial charge in [0, 0.05) is 44.3 Å². The third kappa shape index (κ3) is 5.49. The largest absolute Gasteiger partial charge is 0.478 e. The van der Waals surface area contributed by atoms with Gasteiger partial charge < -0.3 is 30.2 Å². The van der Waals surface area contributed by atoms with Crippen molar-refractivity contribution in [1.29, 1.82) is 0 Å². The normalized spacial score (nSPS) is 17.9. The third-order valence-electron chi connectivity index (χ3n) is 6.17. The highest BCUT2D eigenvalue weighted by molar-refractivity contribution is 6.32. The number of hydrogen-bond acceptors (Lipinski definition) is 8.